The second-order valence-electron chi connectivity index (χ2n) is 7.67. The number of nitrogen functional groups attached to an aromatic ring is 1. The summed E-state index contributed by atoms with van der Waals surface area (Å²) < 4.78 is 7.95. The molecule has 0 atom stereocenters. The normalized spacial score (nSPS) is 11.2. The SMILES string of the molecule is CCn1nc(CNc2ccc(OCc3ccc4ccccc4n3)cc2N)c2ccccc21. The predicted molar refractivity (Wildman–Crippen MR) is 130 cm³/mol. The van der Waals surface area contributed by atoms with E-state index in [1.807, 2.05) is 59.3 Å². The summed E-state index contributed by atoms with van der Waals surface area (Å²) in [7, 11) is 0. The van der Waals surface area contributed by atoms with Crippen LogP contribution >= 0.6 is 0 Å². The molecule has 0 fully saturated rings. The van der Waals surface area contributed by atoms with E-state index < -0.39 is 0 Å². The fraction of sp³-hybridized carbons (Fsp3) is 0.154. The predicted octanol–water partition coefficient (Wildman–Crippen LogP) is 5.38. The molecule has 0 saturated carbocycles. The van der Waals surface area contributed by atoms with E-state index in [1.54, 1.807) is 0 Å². The van der Waals surface area contributed by atoms with Gasteiger partial charge in [-0.15, -0.1) is 0 Å². The van der Waals surface area contributed by atoms with Crippen LogP contribution in [0.5, 0.6) is 5.75 Å². The lowest BCUT2D eigenvalue weighted by Gasteiger charge is -2.11. The van der Waals surface area contributed by atoms with Gasteiger partial charge >= 0.3 is 0 Å². The average molecular weight is 424 g/mol. The van der Waals surface area contributed by atoms with Gasteiger partial charge in [-0.2, -0.15) is 5.10 Å². The minimum absolute atomic E-state index is 0.386. The Labute approximate surface area is 186 Å². The number of ether oxygens (including phenoxy) is 1. The number of aryl methyl sites for hydroxylation is 1. The van der Waals surface area contributed by atoms with Gasteiger partial charge < -0.3 is 15.8 Å². The van der Waals surface area contributed by atoms with E-state index in [2.05, 4.69) is 41.5 Å². The topological polar surface area (TPSA) is 78.0 Å². The lowest BCUT2D eigenvalue weighted by molar-refractivity contribution is 0.302. The van der Waals surface area contributed by atoms with E-state index >= 15 is 0 Å². The molecule has 6 nitrogen and oxygen atoms in total. The summed E-state index contributed by atoms with van der Waals surface area (Å²) in [6, 6.07) is 26.1. The quantitative estimate of drug-likeness (QED) is 0.344. The Kier molecular flexibility index (Phi) is 5.34. The smallest absolute Gasteiger partial charge is 0.130 e. The summed E-state index contributed by atoms with van der Waals surface area (Å²) in [4.78, 5) is 4.65. The first kappa shape index (κ1) is 19.9. The second kappa shape index (κ2) is 8.59. The van der Waals surface area contributed by atoms with Crippen molar-refractivity contribution in [3.63, 3.8) is 0 Å². The molecule has 5 rings (SSSR count). The Balaban J connectivity index is 1.26. The number of rotatable bonds is 7. The number of aromatic nitrogens is 3. The van der Waals surface area contributed by atoms with Crippen LogP contribution in [0.4, 0.5) is 11.4 Å². The molecule has 160 valence electrons. The molecular weight excluding hydrogens is 398 g/mol. The first-order valence-corrected chi connectivity index (χ1v) is 10.8. The molecule has 5 aromatic rings. The molecule has 3 N–H and O–H groups in total. The molecule has 0 spiro atoms. The number of pyridine rings is 1. The van der Waals surface area contributed by atoms with Crippen LogP contribution in [-0.4, -0.2) is 14.8 Å². The highest BCUT2D eigenvalue weighted by atomic mass is 16.5. The van der Waals surface area contributed by atoms with Crippen LogP contribution in [0.25, 0.3) is 21.8 Å². The van der Waals surface area contributed by atoms with Crippen molar-refractivity contribution in [2.45, 2.75) is 26.6 Å². The lowest BCUT2D eigenvalue weighted by atomic mass is 10.2. The zero-order chi connectivity index (χ0) is 21.9. The van der Waals surface area contributed by atoms with Gasteiger partial charge in [-0.05, 0) is 37.3 Å². The number of anilines is 2. The van der Waals surface area contributed by atoms with Gasteiger partial charge in [0.25, 0.3) is 0 Å². The number of benzene rings is 3. The van der Waals surface area contributed by atoms with Crippen molar-refractivity contribution >= 4 is 33.2 Å². The van der Waals surface area contributed by atoms with E-state index in [9.17, 15) is 0 Å². The zero-order valence-electron chi connectivity index (χ0n) is 18.0. The van der Waals surface area contributed by atoms with Gasteiger partial charge in [0.2, 0.25) is 0 Å². The highest BCUT2D eigenvalue weighted by Gasteiger charge is 2.10. The molecule has 0 unspecified atom stereocenters. The summed E-state index contributed by atoms with van der Waals surface area (Å²) in [5, 5.41) is 10.4. The molecule has 32 heavy (non-hydrogen) atoms. The molecule has 0 aliphatic carbocycles. The van der Waals surface area contributed by atoms with E-state index in [1.165, 1.54) is 0 Å². The first-order valence-electron chi connectivity index (χ1n) is 10.8. The summed E-state index contributed by atoms with van der Waals surface area (Å²) in [6.45, 7) is 3.91. The van der Waals surface area contributed by atoms with Crippen molar-refractivity contribution in [2.75, 3.05) is 11.1 Å². The fourth-order valence-corrected chi connectivity index (χ4v) is 3.88. The maximum atomic E-state index is 6.29. The van der Waals surface area contributed by atoms with Crippen LogP contribution in [0.3, 0.4) is 0 Å². The molecule has 2 heterocycles. The molecular formula is C26H25N5O. The van der Waals surface area contributed by atoms with Gasteiger partial charge in [0.05, 0.1) is 40.3 Å². The van der Waals surface area contributed by atoms with Crippen molar-refractivity contribution in [1.82, 2.24) is 14.8 Å². The van der Waals surface area contributed by atoms with Crippen molar-refractivity contribution < 1.29 is 4.74 Å². The number of hydrogen-bond acceptors (Lipinski definition) is 5. The van der Waals surface area contributed by atoms with Gasteiger partial charge in [-0.1, -0.05) is 42.5 Å². The van der Waals surface area contributed by atoms with Gasteiger partial charge in [-0.3, -0.25) is 4.68 Å². The fourth-order valence-electron chi connectivity index (χ4n) is 3.88. The van der Waals surface area contributed by atoms with Crippen LogP contribution < -0.4 is 15.8 Å². The molecule has 0 aliphatic rings. The number of nitrogens with two attached hydrogens (primary N) is 1. The van der Waals surface area contributed by atoms with Crippen molar-refractivity contribution in [3.8, 4) is 5.75 Å². The Morgan fingerprint density at radius 1 is 0.969 bits per heavy atom. The van der Waals surface area contributed by atoms with Crippen molar-refractivity contribution in [2.24, 2.45) is 0 Å². The third kappa shape index (κ3) is 3.95. The minimum atomic E-state index is 0.386. The zero-order valence-corrected chi connectivity index (χ0v) is 18.0. The Morgan fingerprint density at radius 3 is 2.69 bits per heavy atom. The van der Waals surface area contributed by atoms with Gasteiger partial charge in [0.15, 0.2) is 0 Å². The first-order chi connectivity index (χ1) is 15.7. The van der Waals surface area contributed by atoms with Crippen molar-refractivity contribution in [3.05, 3.63) is 90.3 Å². The van der Waals surface area contributed by atoms with Crippen molar-refractivity contribution in [1.29, 1.82) is 0 Å². The van der Waals surface area contributed by atoms with Crippen LogP contribution in [0, 0.1) is 0 Å². The largest absolute Gasteiger partial charge is 0.487 e. The molecule has 0 bridgehead atoms. The van der Waals surface area contributed by atoms with E-state index in [0.717, 1.165) is 45.4 Å². The second-order valence-corrected chi connectivity index (χ2v) is 7.67. The monoisotopic (exact) mass is 423 g/mol. The number of nitrogens with one attached hydrogen (secondary N) is 1. The summed E-state index contributed by atoms with van der Waals surface area (Å²) in [5.74, 6) is 0.712. The molecule has 0 aliphatic heterocycles. The van der Waals surface area contributed by atoms with Crippen LogP contribution in [0.15, 0.2) is 78.9 Å². The average Bonchev–Trinajstić information content (AvgIpc) is 3.20. The summed E-state index contributed by atoms with van der Waals surface area (Å²) >= 11 is 0. The Hall–Kier alpha value is -4.06. The summed E-state index contributed by atoms with van der Waals surface area (Å²) in [5.41, 5.74) is 11.8. The molecule has 6 heteroatoms. The minimum Gasteiger partial charge on any atom is -0.487 e. The Morgan fingerprint density at radius 2 is 1.81 bits per heavy atom. The van der Waals surface area contributed by atoms with Crippen LogP contribution in [-0.2, 0) is 19.7 Å². The number of nitrogens with zero attached hydrogens (tertiary/aromatic N) is 3. The number of fused-ring (bicyclic) bond motifs is 2. The maximum Gasteiger partial charge on any atom is 0.130 e. The van der Waals surface area contributed by atoms with Gasteiger partial charge in [-0.25, -0.2) is 4.98 Å². The third-order valence-corrected chi connectivity index (χ3v) is 5.55. The van der Waals surface area contributed by atoms with Crippen LogP contribution in [0.1, 0.15) is 18.3 Å². The molecule has 0 amide bonds. The van der Waals surface area contributed by atoms with E-state index in [-0.39, 0.29) is 0 Å². The third-order valence-electron chi connectivity index (χ3n) is 5.55. The lowest BCUT2D eigenvalue weighted by Crippen LogP contribution is -2.05. The van der Waals surface area contributed by atoms with Gasteiger partial charge in [0, 0.05) is 23.4 Å². The van der Waals surface area contributed by atoms with Gasteiger partial charge in [0.1, 0.15) is 12.4 Å². The number of hydrogen-bond donors (Lipinski definition) is 2. The van der Waals surface area contributed by atoms with E-state index in [0.29, 0.717) is 24.6 Å². The van der Waals surface area contributed by atoms with E-state index in [4.69, 9.17) is 15.6 Å². The number of para-hydroxylation sites is 2. The molecule has 0 radical (unpaired) electrons. The standard InChI is InChI=1S/C26H25N5O/c1-2-31-26-10-6-4-8-21(26)25(30-31)16-28-24-14-13-20(15-22(24)27)32-17-19-12-11-18-7-3-5-9-23(18)29-19/h3-15,28H,2,16-17,27H2,1H3. The molecule has 0 saturated heterocycles. The highest BCUT2D eigenvalue weighted by molar-refractivity contribution is 5.82. The maximum absolute atomic E-state index is 6.29. The van der Waals surface area contributed by atoms with Crippen LogP contribution in [0.2, 0.25) is 0 Å². The highest BCUT2D eigenvalue weighted by Crippen LogP contribution is 2.26. The molecule has 2 aromatic heterocycles. The Bertz CT molecular complexity index is 1390. The summed E-state index contributed by atoms with van der Waals surface area (Å²) in [6.07, 6.45) is 0. The molecule has 3 aromatic carbocycles.